The molecule has 0 aromatic rings. The van der Waals surface area contributed by atoms with E-state index in [-0.39, 0.29) is 17.7 Å². The molecule has 106 valence electrons. The van der Waals surface area contributed by atoms with Crippen LogP contribution < -0.4 is 10.6 Å². The molecule has 5 fully saturated rings. The molecule has 1 unspecified atom stereocenters. The van der Waals surface area contributed by atoms with Crippen molar-refractivity contribution in [2.75, 3.05) is 13.1 Å². The summed E-state index contributed by atoms with van der Waals surface area (Å²) in [6.45, 7) is 1.89. The molecule has 0 aromatic carbocycles. The van der Waals surface area contributed by atoms with E-state index in [0.717, 1.165) is 56.5 Å². The molecule has 4 nitrogen and oxygen atoms in total. The van der Waals surface area contributed by atoms with Crippen molar-refractivity contribution < 1.29 is 9.53 Å². The number of hydrogen-bond donors (Lipinski definition) is 2. The summed E-state index contributed by atoms with van der Waals surface area (Å²) in [6, 6.07) is 0.265. The lowest BCUT2D eigenvalue weighted by Crippen LogP contribution is -2.54. The lowest BCUT2D eigenvalue weighted by Gasteiger charge is -2.55. The second-order valence-electron chi connectivity index (χ2n) is 7.32. The van der Waals surface area contributed by atoms with Gasteiger partial charge in [0.2, 0.25) is 0 Å². The molecule has 19 heavy (non-hydrogen) atoms. The SMILES string of the molecule is O=C(NC1CCNC1)OC12CC3CC(CC(C3)C1)C2. The van der Waals surface area contributed by atoms with Crippen LogP contribution in [0.4, 0.5) is 4.79 Å². The predicted molar refractivity (Wildman–Crippen MR) is 71.8 cm³/mol. The quantitative estimate of drug-likeness (QED) is 0.802. The van der Waals surface area contributed by atoms with Crippen LogP contribution in [0.2, 0.25) is 0 Å². The van der Waals surface area contributed by atoms with Gasteiger partial charge >= 0.3 is 6.09 Å². The first-order chi connectivity index (χ1) is 9.21. The third-order valence-electron chi connectivity index (χ3n) is 5.67. The second kappa shape index (κ2) is 4.37. The molecule has 4 saturated carbocycles. The van der Waals surface area contributed by atoms with Gasteiger partial charge in [-0.3, -0.25) is 0 Å². The minimum Gasteiger partial charge on any atom is -0.443 e. The van der Waals surface area contributed by atoms with Crippen molar-refractivity contribution in [1.82, 2.24) is 10.6 Å². The molecule has 1 amide bonds. The lowest BCUT2D eigenvalue weighted by molar-refractivity contribution is -0.127. The molecule has 4 aliphatic carbocycles. The molecular weight excluding hydrogens is 240 g/mol. The first kappa shape index (κ1) is 12.0. The maximum Gasteiger partial charge on any atom is 0.407 e. The maximum absolute atomic E-state index is 12.1. The third-order valence-corrected chi connectivity index (χ3v) is 5.67. The summed E-state index contributed by atoms with van der Waals surface area (Å²) in [5.74, 6) is 2.48. The Balaban J connectivity index is 1.40. The van der Waals surface area contributed by atoms with Crippen molar-refractivity contribution in [3.05, 3.63) is 0 Å². The standard InChI is InChI=1S/C15H24N2O2/c18-14(17-13-1-2-16-9-13)19-15-6-10-3-11(7-15)5-12(4-10)8-15/h10-13,16H,1-9H2,(H,17,18). The number of ether oxygens (including phenoxy) is 1. The van der Waals surface area contributed by atoms with Gasteiger partial charge in [0.15, 0.2) is 0 Å². The molecule has 0 radical (unpaired) electrons. The van der Waals surface area contributed by atoms with Crippen LogP contribution in [0.3, 0.4) is 0 Å². The third kappa shape index (κ3) is 2.24. The zero-order valence-corrected chi connectivity index (χ0v) is 11.5. The average molecular weight is 264 g/mol. The second-order valence-corrected chi connectivity index (χ2v) is 7.32. The molecule has 4 heteroatoms. The van der Waals surface area contributed by atoms with E-state index in [9.17, 15) is 4.79 Å². The highest BCUT2D eigenvalue weighted by atomic mass is 16.6. The minimum absolute atomic E-state index is 0.106. The molecule has 1 aliphatic heterocycles. The molecule has 1 saturated heterocycles. The van der Waals surface area contributed by atoms with Crippen LogP contribution in [0.5, 0.6) is 0 Å². The summed E-state index contributed by atoms with van der Waals surface area (Å²) in [6.07, 6.45) is 8.37. The highest BCUT2D eigenvalue weighted by molar-refractivity contribution is 5.68. The zero-order valence-electron chi connectivity index (χ0n) is 11.5. The van der Waals surface area contributed by atoms with Crippen LogP contribution in [-0.4, -0.2) is 30.8 Å². The molecule has 5 aliphatic rings. The van der Waals surface area contributed by atoms with Crippen LogP contribution in [0.25, 0.3) is 0 Å². The summed E-state index contributed by atoms with van der Waals surface area (Å²) in [4.78, 5) is 12.1. The van der Waals surface area contributed by atoms with E-state index < -0.39 is 0 Å². The number of carbonyl (C=O) groups is 1. The number of carbonyl (C=O) groups excluding carboxylic acids is 1. The van der Waals surface area contributed by atoms with Crippen LogP contribution in [0.15, 0.2) is 0 Å². The van der Waals surface area contributed by atoms with Crippen LogP contribution in [-0.2, 0) is 4.74 Å². The predicted octanol–water partition coefficient (Wildman–Crippen LogP) is 2.04. The monoisotopic (exact) mass is 264 g/mol. The highest BCUT2D eigenvalue weighted by Crippen LogP contribution is 2.57. The Morgan fingerprint density at radius 2 is 1.74 bits per heavy atom. The Hall–Kier alpha value is -0.770. The van der Waals surface area contributed by atoms with Crippen molar-refractivity contribution in [2.45, 2.75) is 56.6 Å². The number of nitrogens with one attached hydrogen (secondary N) is 2. The van der Waals surface area contributed by atoms with E-state index in [2.05, 4.69) is 10.6 Å². The van der Waals surface area contributed by atoms with Crippen LogP contribution in [0.1, 0.15) is 44.9 Å². The first-order valence-electron chi connectivity index (χ1n) is 7.91. The summed E-state index contributed by atoms with van der Waals surface area (Å²) in [5.41, 5.74) is -0.106. The Labute approximate surface area is 114 Å². The Morgan fingerprint density at radius 1 is 1.11 bits per heavy atom. The van der Waals surface area contributed by atoms with E-state index in [4.69, 9.17) is 4.74 Å². The molecular formula is C15H24N2O2. The van der Waals surface area contributed by atoms with E-state index >= 15 is 0 Å². The van der Waals surface area contributed by atoms with E-state index in [0.29, 0.717) is 0 Å². The first-order valence-corrected chi connectivity index (χ1v) is 7.91. The highest BCUT2D eigenvalue weighted by Gasteiger charge is 2.53. The summed E-state index contributed by atoms with van der Waals surface area (Å²) >= 11 is 0. The van der Waals surface area contributed by atoms with Crippen molar-refractivity contribution in [3.63, 3.8) is 0 Å². The van der Waals surface area contributed by atoms with Crippen molar-refractivity contribution >= 4 is 6.09 Å². The van der Waals surface area contributed by atoms with E-state index in [1.165, 1.54) is 19.3 Å². The fourth-order valence-corrected chi connectivity index (χ4v) is 5.33. The number of rotatable bonds is 2. The minimum atomic E-state index is -0.171. The molecule has 4 bridgehead atoms. The van der Waals surface area contributed by atoms with Gasteiger partial charge in [-0.2, -0.15) is 0 Å². The number of alkyl carbamates (subject to hydrolysis) is 1. The van der Waals surface area contributed by atoms with Gasteiger partial charge in [0.1, 0.15) is 5.60 Å². The van der Waals surface area contributed by atoms with Gasteiger partial charge in [0.05, 0.1) is 0 Å². The van der Waals surface area contributed by atoms with Gasteiger partial charge in [-0.05, 0) is 69.2 Å². The van der Waals surface area contributed by atoms with Crippen LogP contribution in [0, 0.1) is 17.8 Å². The van der Waals surface area contributed by atoms with Gasteiger partial charge in [0, 0.05) is 12.6 Å². The molecule has 5 rings (SSSR count). The Morgan fingerprint density at radius 3 is 2.26 bits per heavy atom. The van der Waals surface area contributed by atoms with Crippen LogP contribution >= 0.6 is 0 Å². The van der Waals surface area contributed by atoms with Gasteiger partial charge in [-0.1, -0.05) is 0 Å². The smallest absolute Gasteiger partial charge is 0.407 e. The molecule has 0 aromatic heterocycles. The topological polar surface area (TPSA) is 50.4 Å². The molecule has 0 spiro atoms. The van der Waals surface area contributed by atoms with E-state index in [1.54, 1.807) is 0 Å². The lowest BCUT2D eigenvalue weighted by atomic mass is 9.54. The Bertz CT molecular complexity index is 341. The number of amides is 1. The molecule has 2 N–H and O–H groups in total. The fraction of sp³-hybridized carbons (Fsp3) is 0.933. The fourth-order valence-electron chi connectivity index (χ4n) is 5.33. The molecule has 1 atom stereocenters. The van der Waals surface area contributed by atoms with Gasteiger partial charge < -0.3 is 15.4 Å². The van der Waals surface area contributed by atoms with Gasteiger partial charge in [-0.15, -0.1) is 0 Å². The number of hydrogen-bond acceptors (Lipinski definition) is 3. The largest absolute Gasteiger partial charge is 0.443 e. The van der Waals surface area contributed by atoms with Gasteiger partial charge in [-0.25, -0.2) is 4.79 Å². The maximum atomic E-state index is 12.1. The summed E-state index contributed by atoms with van der Waals surface area (Å²) in [5, 5.41) is 6.30. The van der Waals surface area contributed by atoms with Crippen molar-refractivity contribution in [3.8, 4) is 0 Å². The molecule has 1 heterocycles. The summed E-state index contributed by atoms with van der Waals surface area (Å²) in [7, 11) is 0. The Kier molecular flexibility index (Phi) is 2.76. The van der Waals surface area contributed by atoms with Crippen molar-refractivity contribution in [1.29, 1.82) is 0 Å². The average Bonchev–Trinajstić information content (AvgIpc) is 2.78. The summed E-state index contributed by atoms with van der Waals surface area (Å²) < 4.78 is 5.93. The van der Waals surface area contributed by atoms with E-state index in [1.807, 2.05) is 0 Å². The zero-order chi connectivity index (χ0) is 12.9. The normalized spacial score (nSPS) is 47.4. The van der Waals surface area contributed by atoms with Gasteiger partial charge in [0.25, 0.3) is 0 Å². The van der Waals surface area contributed by atoms with Crippen molar-refractivity contribution in [2.24, 2.45) is 17.8 Å².